The van der Waals surface area contributed by atoms with Crippen LogP contribution in [0.1, 0.15) is 0 Å². The van der Waals surface area contributed by atoms with Gasteiger partial charge in [-0.2, -0.15) is 0 Å². The van der Waals surface area contributed by atoms with Gasteiger partial charge >= 0.3 is 18.1 Å². The molecule has 2 rings (SSSR count). The van der Waals surface area contributed by atoms with Gasteiger partial charge in [-0.15, -0.1) is 0 Å². The molecule has 2 aliphatic heterocycles. The summed E-state index contributed by atoms with van der Waals surface area (Å²) in [6.07, 6.45) is 0. The fraction of sp³-hybridized carbons (Fsp3) is 0.571. The van der Waals surface area contributed by atoms with Crippen molar-refractivity contribution >= 4 is 18.1 Å². The molecule has 2 N–H and O–H groups in total. The van der Waals surface area contributed by atoms with Crippen molar-refractivity contribution in [2.45, 2.75) is 0 Å². The summed E-state index contributed by atoms with van der Waals surface area (Å²) >= 11 is 0. The lowest BCUT2D eigenvalue weighted by atomic mass is 10.5. The second-order valence-electron chi connectivity index (χ2n) is 3.05. The molecule has 0 aromatic heterocycles. The van der Waals surface area contributed by atoms with Crippen molar-refractivity contribution < 1.29 is 14.4 Å². The van der Waals surface area contributed by atoms with Gasteiger partial charge in [-0.3, -0.25) is 0 Å². The first-order valence-corrected chi connectivity index (χ1v) is 4.35. The van der Waals surface area contributed by atoms with Gasteiger partial charge in [0, 0.05) is 26.2 Å². The Labute approximate surface area is 80.0 Å². The quantitative estimate of drug-likeness (QED) is 0.532. The third-order valence-electron chi connectivity index (χ3n) is 2.18. The summed E-state index contributed by atoms with van der Waals surface area (Å²) in [5.41, 5.74) is 0. The Morgan fingerprint density at radius 1 is 1.00 bits per heavy atom. The van der Waals surface area contributed by atoms with E-state index in [-0.39, 0.29) is 0 Å². The maximum atomic E-state index is 11.6. The summed E-state index contributed by atoms with van der Waals surface area (Å²) in [6, 6.07) is -1.42. The second-order valence-corrected chi connectivity index (χ2v) is 3.05. The SMILES string of the molecule is O=C1NCCN1C(=O)N1CCNC1=O. The Balaban J connectivity index is 2.07. The summed E-state index contributed by atoms with van der Waals surface area (Å²) in [7, 11) is 0. The average Bonchev–Trinajstić information content (AvgIpc) is 2.73. The number of rotatable bonds is 0. The van der Waals surface area contributed by atoms with Gasteiger partial charge in [0.2, 0.25) is 0 Å². The topological polar surface area (TPSA) is 81.8 Å². The van der Waals surface area contributed by atoms with Gasteiger partial charge in [-0.25, -0.2) is 24.2 Å². The van der Waals surface area contributed by atoms with Gasteiger partial charge in [0.05, 0.1) is 0 Å². The Morgan fingerprint density at radius 2 is 1.43 bits per heavy atom. The molecule has 0 atom stereocenters. The van der Waals surface area contributed by atoms with E-state index in [0.717, 1.165) is 9.80 Å². The number of imide groups is 2. The lowest BCUT2D eigenvalue weighted by Gasteiger charge is -2.18. The van der Waals surface area contributed by atoms with Gasteiger partial charge in [0.1, 0.15) is 0 Å². The fourth-order valence-electron chi connectivity index (χ4n) is 1.45. The Hall–Kier alpha value is -1.79. The third kappa shape index (κ3) is 1.26. The van der Waals surface area contributed by atoms with Gasteiger partial charge in [0.15, 0.2) is 0 Å². The average molecular weight is 198 g/mol. The number of hydrogen-bond acceptors (Lipinski definition) is 3. The molecule has 2 saturated heterocycles. The van der Waals surface area contributed by atoms with Crippen molar-refractivity contribution in [2.24, 2.45) is 0 Å². The highest BCUT2D eigenvalue weighted by molar-refractivity contribution is 6.02. The molecule has 0 bridgehead atoms. The Kier molecular flexibility index (Phi) is 1.99. The first-order valence-electron chi connectivity index (χ1n) is 4.35. The number of carbonyl (C=O) groups excluding carboxylic acids is 3. The third-order valence-corrected chi connectivity index (χ3v) is 2.18. The molecule has 2 fully saturated rings. The molecule has 14 heavy (non-hydrogen) atoms. The summed E-state index contributed by atoms with van der Waals surface area (Å²) < 4.78 is 0. The molecule has 7 nitrogen and oxygen atoms in total. The molecule has 0 aromatic rings. The van der Waals surface area contributed by atoms with Crippen LogP contribution in [0.3, 0.4) is 0 Å². The number of nitrogens with one attached hydrogen (secondary N) is 2. The van der Waals surface area contributed by atoms with Crippen molar-refractivity contribution in [3.8, 4) is 0 Å². The molecule has 0 unspecified atom stereocenters. The van der Waals surface area contributed by atoms with Crippen LogP contribution in [0.4, 0.5) is 14.4 Å². The van der Waals surface area contributed by atoms with E-state index >= 15 is 0 Å². The Morgan fingerprint density at radius 3 is 1.71 bits per heavy atom. The zero-order chi connectivity index (χ0) is 10.1. The number of nitrogens with zero attached hydrogens (tertiary/aromatic N) is 2. The van der Waals surface area contributed by atoms with E-state index < -0.39 is 18.1 Å². The number of urea groups is 3. The first-order chi connectivity index (χ1) is 6.70. The highest BCUT2D eigenvalue weighted by Gasteiger charge is 2.35. The molecule has 2 heterocycles. The lowest BCUT2D eigenvalue weighted by Crippen LogP contribution is -2.46. The van der Waals surface area contributed by atoms with Crippen LogP contribution in [0.2, 0.25) is 0 Å². The minimum absolute atomic E-state index is 0.321. The van der Waals surface area contributed by atoms with Crippen LogP contribution in [0.25, 0.3) is 0 Å². The van der Waals surface area contributed by atoms with Crippen LogP contribution in [-0.2, 0) is 0 Å². The van der Waals surface area contributed by atoms with E-state index in [2.05, 4.69) is 10.6 Å². The predicted molar refractivity (Wildman–Crippen MR) is 45.6 cm³/mol. The van der Waals surface area contributed by atoms with Gasteiger partial charge in [-0.05, 0) is 0 Å². The Bertz CT molecular complexity index is 275. The van der Waals surface area contributed by atoms with Crippen LogP contribution < -0.4 is 10.6 Å². The molecule has 0 spiro atoms. The molecule has 76 valence electrons. The minimum Gasteiger partial charge on any atom is -0.336 e. The molecule has 0 aliphatic carbocycles. The van der Waals surface area contributed by atoms with Crippen LogP contribution in [0.5, 0.6) is 0 Å². The molecule has 0 aromatic carbocycles. The zero-order valence-corrected chi connectivity index (χ0v) is 7.45. The van der Waals surface area contributed by atoms with E-state index in [1.54, 1.807) is 0 Å². The number of carbonyl (C=O) groups is 3. The molecular formula is C7H10N4O3. The van der Waals surface area contributed by atoms with Crippen molar-refractivity contribution in [2.75, 3.05) is 26.2 Å². The van der Waals surface area contributed by atoms with Gasteiger partial charge < -0.3 is 10.6 Å². The molecular weight excluding hydrogens is 188 g/mol. The predicted octanol–water partition coefficient (Wildman–Crippen LogP) is -0.843. The second kappa shape index (κ2) is 3.17. The smallest absolute Gasteiger partial charge is 0.336 e. The van der Waals surface area contributed by atoms with E-state index in [4.69, 9.17) is 0 Å². The lowest BCUT2D eigenvalue weighted by molar-refractivity contribution is 0.172. The maximum Gasteiger partial charge on any atom is 0.336 e. The van der Waals surface area contributed by atoms with Gasteiger partial charge in [0.25, 0.3) is 0 Å². The highest BCUT2D eigenvalue weighted by Crippen LogP contribution is 2.06. The molecule has 0 saturated carbocycles. The first kappa shape index (κ1) is 8.79. The molecule has 6 amide bonds. The summed E-state index contributed by atoms with van der Waals surface area (Å²) in [4.78, 5) is 35.9. The molecule has 7 heteroatoms. The van der Waals surface area contributed by atoms with Crippen molar-refractivity contribution in [3.05, 3.63) is 0 Å². The van der Waals surface area contributed by atoms with E-state index in [0.29, 0.717) is 26.2 Å². The van der Waals surface area contributed by atoms with Gasteiger partial charge in [-0.1, -0.05) is 0 Å². The van der Waals surface area contributed by atoms with Crippen LogP contribution in [0, 0.1) is 0 Å². The largest absolute Gasteiger partial charge is 0.336 e. The van der Waals surface area contributed by atoms with Crippen LogP contribution >= 0.6 is 0 Å². The van der Waals surface area contributed by atoms with Crippen molar-refractivity contribution in [3.63, 3.8) is 0 Å². The molecule has 0 radical (unpaired) electrons. The fourth-order valence-corrected chi connectivity index (χ4v) is 1.45. The van der Waals surface area contributed by atoms with Crippen LogP contribution in [-0.4, -0.2) is 54.1 Å². The normalized spacial score (nSPS) is 21.1. The summed E-state index contributed by atoms with van der Waals surface area (Å²) in [5, 5.41) is 4.99. The zero-order valence-electron chi connectivity index (χ0n) is 7.45. The van der Waals surface area contributed by atoms with Crippen molar-refractivity contribution in [1.29, 1.82) is 0 Å². The number of amides is 6. The number of hydrogen-bond donors (Lipinski definition) is 2. The van der Waals surface area contributed by atoms with E-state index in [1.807, 2.05) is 0 Å². The summed E-state index contributed by atoms with van der Waals surface area (Å²) in [6.45, 7) is 1.53. The highest BCUT2D eigenvalue weighted by atomic mass is 16.2. The van der Waals surface area contributed by atoms with E-state index in [1.165, 1.54) is 0 Å². The van der Waals surface area contributed by atoms with Crippen molar-refractivity contribution in [1.82, 2.24) is 20.4 Å². The van der Waals surface area contributed by atoms with E-state index in [9.17, 15) is 14.4 Å². The monoisotopic (exact) mass is 198 g/mol. The minimum atomic E-state index is -0.546. The summed E-state index contributed by atoms with van der Waals surface area (Å²) in [5.74, 6) is 0. The standard InChI is InChI=1S/C7H10N4O3/c12-5-8-1-3-10(5)7(14)11-4-2-9-6(11)13/h1-4H2,(H,8,12)(H,9,13). The molecule has 2 aliphatic rings. The maximum absolute atomic E-state index is 11.6. The van der Waals surface area contributed by atoms with Crippen LogP contribution in [0.15, 0.2) is 0 Å².